The molecular weight excluding hydrogens is 204 g/mol. The number of nitrogens with one attached hydrogen (secondary N) is 1. The van der Waals surface area contributed by atoms with Crippen LogP contribution in [0.15, 0.2) is 36.5 Å². The van der Waals surface area contributed by atoms with Gasteiger partial charge in [0.25, 0.3) is 0 Å². The van der Waals surface area contributed by atoms with Crippen molar-refractivity contribution >= 4 is 16.9 Å². The molecule has 2 rings (SSSR count). The van der Waals surface area contributed by atoms with Crippen LogP contribution in [0.1, 0.15) is 5.69 Å². The number of pyridine rings is 1. The summed E-state index contributed by atoms with van der Waals surface area (Å²) in [5.74, 6) is 0. The molecule has 0 spiro atoms. The van der Waals surface area contributed by atoms with Crippen LogP contribution in [-0.2, 0) is 11.3 Å². The van der Waals surface area contributed by atoms with E-state index in [4.69, 9.17) is 0 Å². The Kier molecular flexibility index (Phi) is 3.00. The third-order valence-electron chi connectivity index (χ3n) is 2.29. The van der Waals surface area contributed by atoms with E-state index in [0.29, 0.717) is 6.54 Å². The quantitative estimate of drug-likeness (QED) is 0.836. The van der Waals surface area contributed by atoms with Gasteiger partial charge in [-0.05, 0) is 11.5 Å². The third kappa shape index (κ3) is 2.28. The molecule has 4 heteroatoms. The first-order chi connectivity index (χ1) is 7.79. The minimum Gasteiger partial charge on any atom is -0.453 e. The van der Waals surface area contributed by atoms with Crippen LogP contribution in [0, 0.1) is 0 Å². The first-order valence-corrected chi connectivity index (χ1v) is 4.95. The molecule has 1 aromatic carbocycles. The average Bonchev–Trinajstić information content (AvgIpc) is 2.35. The second-order valence-corrected chi connectivity index (χ2v) is 3.37. The number of ether oxygens (including phenoxy) is 1. The van der Waals surface area contributed by atoms with E-state index in [0.717, 1.165) is 16.5 Å². The minimum absolute atomic E-state index is 0.373. The Hall–Kier alpha value is -2.10. The molecule has 1 heterocycles. The minimum atomic E-state index is -0.449. The van der Waals surface area contributed by atoms with Gasteiger partial charge in [-0.25, -0.2) is 4.79 Å². The molecule has 0 fully saturated rings. The Labute approximate surface area is 93.3 Å². The summed E-state index contributed by atoms with van der Waals surface area (Å²) in [6.45, 7) is 0.373. The second kappa shape index (κ2) is 4.61. The summed E-state index contributed by atoms with van der Waals surface area (Å²) in [6.07, 6.45) is 1.35. The number of carbonyl (C=O) groups excluding carboxylic acids is 1. The fourth-order valence-electron chi connectivity index (χ4n) is 1.46. The summed E-state index contributed by atoms with van der Waals surface area (Å²) in [6, 6.07) is 9.90. The van der Waals surface area contributed by atoms with E-state index in [2.05, 4.69) is 15.0 Å². The van der Waals surface area contributed by atoms with Crippen molar-refractivity contribution in [1.82, 2.24) is 10.3 Å². The lowest BCUT2D eigenvalue weighted by Crippen LogP contribution is -2.22. The number of alkyl carbamates (subject to hydrolysis) is 1. The maximum absolute atomic E-state index is 10.9. The normalized spacial score (nSPS) is 10.1. The van der Waals surface area contributed by atoms with Crippen molar-refractivity contribution in [2.24, 2.45) is 0 Å². The van der Waals surface area contributed by atoms with Crippen LogP contribution in [0.2, 0.25) is 0 Å². The van der Waals surface area contributed by atoms with Crippen molar-refractivity contribution < 1.29 is 9.53 Å². The predicted octanol–water partition coefficient (Wildman–Crippen LogP) is 2.09. The molecule has 1 N–H and O–H groups in total. The van der Waals surface area contributed by atoms with Crippen LogP contribution in [-0.4, -0.2) is 18.2 Å². The monoisotopic (exact) mass is 216 g/mol. The number of rotatable bonds is 2. The average molecular weight is 216 g/mol. The van der Waals surface area contributed by atoms with Gasteiger partial charge in [0, 0.05) is 11.6 Å². The zero-order valence-corrected chi connectivity index (χ0v) is 8.93. The molecule has 0 aliphatic carbocycles. The summed E-state index contributed by atoms with van der Waals surface area (Å²) in [5, 5.41) is 4.79. The van der Waals surface area contributed by atoms with Crippen molar-refractivity contribution in [1.29, 1.82) is 0 Å². The molecule has 0 bridgehead atoms. The smallest absolute Gasteiger partial charge is 0.407 e. The number of carbonyl (C=O) groups is 1. The number of hydrogen-bond donors (Lipinski definition) is 1. The Bertz CT molecular complexity index is 511. The van der Waals surface area contributed by atoms with E-state index in [9.17, 15) is 4.79 Å². The van der Waals surface area contributed by atoms with Crippen molar-refractivity contribution in [3.8, 4) is 0 Å². The van der Waals surface area contributed by atoms with Gasteiger partial charge in [-0.15, -0.1) is 0 Å². The van der Waals surface area contributed by atoms with Crippen LogP contribution in [0.3, 0.4) is 0 Å². The van der Waals surface area contributed by atoms with E-state index in [1.54, 1.807) is 6.20 Å². The number of nitrogens with zero attached hydrogens (tertiary/aromatic N) is 1. The van der Waals surface area contributed by atoms with E-state index in [1.165, 1.54) is 7.11 Å². The fourth-order valence-corrected chi connectivity index (χ4v) is 1.46. The van der Waals surface area contributed by atoms with Gasteiger partial charge in [0.2, 0.25) is 0 Å². The summed E-state index contributed by atoms with van der Waals surface area (Å²) in [5.41, 5.74) is 0.809. The number of methoxy groups -OCH3 is 1. The van der Waals surface area contributed by atoms with Gasteiger partial charge in [-0.3, -0.25) is 4.98 Å². The number of amides is 1. The van der Waals surface area contributed by atoms with Crippen LogP contribution < -0.4 is 5.32 Å². The van der Waals surface area contributed by atoms with Crippen molar-refractivity contribution in [2.75, 3.05) is 7.11 Å². The molecule has 2 aromatic rings. The zero-order valence-electron chi connectivity index (χ0n) is 8.93. The van der Waals surface area contributed by atoms with Gasteiger partial charge >= 0.3 is 6.09 Å². The standard InChI is InChI=1S/C12H12N2O2/c1-16-12(15)14-8-11-6-9-4-2-3-5-10(9)7-13-11/h2-7H,8H2,1H3,(H,14,15). The highest BCUT2D eigenvalue weighted by Crippen LogP contribution is 2.12. The molecule has 4 nitrogen and oxygen atoms in total. The molecule has 0 aliphatic rings. The maximum atomic E-state index is 10.9. The van der Waals surface area contributed by atoms with Crippen molar-refractivity contribution in [3.05, 3.63) is 42.2 Å². The van der Waals surface area contributed by atoms with Gasteiger partial charge in [0.05, 0.1) is 19.3 Å². The lowest BCUT2D eigenvalue weighted by Gasteiger charge is -2.04. The molecule has 0 saturated heterocycles. The van der Waals surface area contributed by atoms with Gasteiger partial charge < -0.3 is 10.1 Å². The highest BCUT2D eigenvalue weighted by molar-refractivity contribution is 5.81. The largest absolute Gasteiger partial charge is 0.453 e. The summed E-state index contributed by atoms with van der Waals surface area (Å²) in [7, 11) is 1.34. The molecule has 0 saturated carbocycles. The zero-order chi connectivity index (χ0) is 11.4. The van der Waals surface area contributed by atoms with Crippen molar-refractivity contribution in [2.45, 2.75) is 6.54 Å². The Morgan fingerprint density at radius 1 is 1.38 bits per heavy atom. The van der Waals surface area contributed by atoms with E-state index in [-0.39, 0.29) is 0 Å². The number of aromatic nitrogens is 1. The molecule has 0 radical (unpaired) electrons. The molecule has 1 aromatic heterocycles. The van der Waals surface area contributed by atoms with Crippen LogP contribution in [0.25, 0.3) is 10.8 Å². The SMILES string of the molecule is COC(=O)NCc1cc2ccccc2cn1. The summed E-state index contributed by atoms with van der Waals surface area (Å²) in [4.78, 5) is 15.1. The Balaban J connectivity index is 2.16. The molecule has 0 aliphatic heterocycles. The van der Waals surface area contributed by atoms with Gasteiger partial charge in [0.1, 0.15) is 0 Å². The first kappa shape index (κ1) is 10.4. The highest BCUT2D eigenvalue weighted by atomic mass is 16.5. The second-order valence-electron chi connectivity index (χ2n) is 3.37. The summed E-state index contributed by atoms with van der Waals surface area (Å²) < 4.78 is 4.48. The Morgan fingerprint density at radius 3 is 2.88 bits per heavy atom. The molecular formula is C12H12N2O2. The lowest BCUT2D eigenvalue weighted by molar-refractivity contribution is 0.170. The third-order valence-corrected chi connectivity index (χ3v) is 2.29. The van der Waals surface area contributed by atoms with E-state index >= 15 is 0 Å². The van der Waals surface area contributed by atoms with Crippen LogP contribution >= 0.6 is 0 Å². The maximum Gasteiger partial charge on any atom is 0.407 e. The number of benzene rings is 1. The fraction of sp³-hybridized carbons (Fsp3) is 0.167. The van der Waals surface area contributed by atoms with E-state index in [1.807, 2.05) is 30.3 Å². The van der Waals surface area contributed by atoms with E-state index < -0.39 is 6.09 Å². The molecule has 0 unspecified atom stereocenters. The predicted molar refractivity (Wildman–Crippen MR) is 61.0 cm³/mol. The van der Waals surface area contributed by atoms with Gasteiger partial charge in [-0.1, -0.05) is 24.3 Å². The number of fused-ring (bicyclic) bond motifs is 1. The highest BCUT2D eigenvalue weighted by Gasteiger charge is 2.01. The molecule has 1 amide bonds. The molecule has 16 heavy (non-hydrogen) atoms. The first-order valence-electron chi connectivity index (χ1n) is 4.95. The topological polar surface area (TPSA) is 51.2 Å². The van der Waals surface area contributed by atoms with Gasteiger partial charge in [0.15, 0.2) is 0 Å². The number of hydrogen-bond acceptors (Lipinski definition) is 3. The molecule has 0 atom stereocenters. The summed E-state index contributed by atoms with van der Waals surface area (Å²) >= 11 is 0. The van der Waals surface area contributed by atoms with Crippen LogP contribution in [0.5, 0.6) is 0 Å². The van der Waals surface area contributed by atoms with Gasteiger partial charge in [-0.2, -0.15) is 0 Å². The lowest BCUT2D eigenvalue weighted by atomic mass is 10.1. The van der Waals surface area contributed by atoms with Crippen molar-refractivity contribution in [3.63, 3.8) is 0 Å². The molecule has 82 valence electrons. The van der Waals surface area contributed by atoms with Crippen LogP contribution in [0.4, 0.5) is 4.79 Å². The Morgan fingerprint density at radius 2 is 2.12 bits per heavy atom.